The number of phosphoric acid groups is 1. The number of phosphoric ester groups is 1. The Labute approximate surface area is 370 Å². The van der Waals surface area contributed by atoms with Gasteiger partial charge >= 0.3 is 19.8 Å². The number of rotatable bonds is 49. The average Bonchev–Trinajstić information content (AvgIpc) is 3.24. The number of esters is 2. The van der Waals surface area contributed by atoms with Crippen molar-refractivity contribution in [2.24, 2.45) is 5.73 Å². The zero-order valence-electron chi connectivity index (χ0n) is 39.5. The van der Waals surface area contributed by atoms with Crippen molar-refractivity contribution in [3.63, 3.8) is 0 Å². The molecule has 0 aliphatic heterocycles. The Morgan fingerprint density at radius 3 is 1.18 bits per heavy atom. The van der Waals surface area contributed by atoms with E-state index in [1.165, 1.54) is 193 Å². The van der Waals surface area contributed by atoms with Gasteiger partial charge in [0.25, 0.3) is 0 Å². The third-order valence-electron chi connectivity index (χ3n) is 11.4. The van der Waals surface area contributed by atoms with Crippen LogP contribution in [0.15, 0.2) is 12.2 Å². The van der Waals surface area contributed by atoms with Crippen LogP contribution in [0, 0.1) is 0 Å². The zero-order chi connectivity index (χ0) is 43.9. The molecule has 0 amide bonds. The Morgan fingerprint density at radius 2 is 0.817 bits per heavy atom. The van der Waals surface area contributed by atoms with E-state index in [0.29, 0.717) is 6.42 Å². The SMILES string of the molecule is CCCCCCCC/C=C\CCCCCCCCCCCC(=O)OC(COC(=O)CCCCCCCCCCCCCCCCCCCCCC)COP(=O)(O)OCCN. The van der Waals surface area contributed by atoms with Crippen LogP contribution < -0.4 is 5.73 Å². The van der Waals surface area contributed by atoms with Crippen LogP contribution in [0.4, 0.5) is 0 Å². The second-order valence-corrected chi connectivity index (χ2v) is 18.9. The normalized spacial score (nSPS) is 13.2. The molecule has 10 heteroatoms. The van der Waals surface area contributed by atoms with E-state index in [1.54, 1.807) is 0 Å². The third-order valence-corrected chi connectivity index (χ3v) is 12.4. The molecule has 60 heavy (non-hydrogen) atoms. The van der Waals surface area contributed by atoms with E-state index in [2.05, 4.69) is 26.0 Å². The summed E-state index contributed by atoms with van der Waals surface area (Å²) in [5.41, 5.74) is 5.37. The molecule has 0 spiro atoms. The predicted octanol–water partition coefficient (Wildman–Crippen LogP) is 15.3. The van der Waals surface area contributed by atoms with Gasteiger partial charge in [-0.05, 0) is 38.5 Å². The highest BCUT2D eigenvalue weighted by molar-refractivity contribution is 7.47. The molecule has 2 atom stereocenters. The summed E-state index contributed by atoms with van der Waals surface area (Å²) in [5.74, 6) is -0.814. The molecule has 0 aromatic rings. The van der Waals surface area contributed by atoms with Crippen molar-refractivity contribution in [3.8, 4) is 0 Å². The molecule has 0 aliphatic carbocycles. The molecular formula is C50H98NO8P. The fourth-order valence-corrected chi connectivity index (χ4v) is 8.34. The van der Waals surface area contributed by atoms with Gasteiger partial charge in [0.2, 0.25) is 0 Å². The van der Waals surface area contributed by atoms with Gasteiger partial charge in [-0.25, -0.2) is 4.57 Å². The summed E-state index contributed by atoms with van der Waals surface area (Å²) < 4.78 is 32.9. The number of nitrogens with two attached hydrogens (primary N) is 1. The Morgan fingerprint density at radius 1 is 0.483 bits per heavy atom. The Hall–Kier alpha value is -1.25. The van der Waals surface area contributed by atoms with Crippen LogP contribution in [0.5, 0.6) is 0 Å². The average molecular weight is 872 g/mol. The van der Waals surface area contributed by atoms with Crippen LogP contribution in [0.1, 0.15) is 264 Å². The lowest BCUT2D eigenvalue weighted by Crippen LogP contribution is -2.29. The first-order valence-electron chi connectivity index (χ1n) is 25.7. The van der Waals surface area contributed by atoms with E-state index < -0.39 is 26.5 Å². The Kier molecular flexibility index (Phi) is 46.3. The first-order valence-corrected chi connectivity index (χ1v) is 27.2. The van der Waals surface area contributed by atoms with Crippen LogP contribution >= 0.6 is 7.82 Å². The van der Waals surface area contributed by atoms with Crippen LogP contribution in [0.2, 0.25) is 0 Å². The van der Waals surface area contributed by atoms with Crippen molar-refractivity contribution in [2.75, 3.05) is 26.4 Å². The van der Waals surface area contributed by atoms with Crippen molar-refractivity contribution in [1.29, 1.82) is 0 Å². The number of allylic oxidation sites excluding steroid dienone is 2. The lowest BCUT2D eigenvalue weighted by Gasteiger charge is -2.19. The molecule has 356 valence electrons. The molecular weight excluding hydrogens is 774 g/mol. The number of ether oxygens (including phenoxy) is 2. The quantitative estimate of drug-likeness (QED) is 0.0265. The Balaban J connectivity index is 4.01. The summed E-state index contributed by atoms with van der Waals surface area (Å²) in [5, 5.41) is 0. The lowest BCUT2D eigenvalue weighted by molar-refractivity contribution is -0.161. The fourth-order valence-electron chi connectivity index (χ4n) is 7.57. The minimum Gasteiger partial charge on any atom is -0.462 e. The molecule has 0 radical (unpaired) electrons. The van der Waals surface area contributed by atoms with Gasteiger partial charge in [0, 0.05) is 19.4 Å². The van der Waals surface area contributed by atoms with Crippen molar-refractivity contribution >= 4 is 19.8 Å². The summed E-state index contributed by atoms with van der Waals surface area (Å²) >= 11 is 0. The summed E-state index contributed by atoms with van der Waals surface area (Å²) in [7, 11) is -4.38. The highest BCUT2D eigenvalue weighted by atomic mass is 31.2. The molecule has 0 rings (SSSR count). The van der Waals surface area contributed by atoms with E-state index in [9.17, 15) is 19.0 Å². The van der Waals surface area contributed by atoms with E-state index in [-0.39, 0.29) is 38.6 Å². The van der Waals surface area contributed by atoms with Gasteiger partial charge in [-0.2, -0.15) is 0 Å². The summed E-state index contributed by atoms with van der Waals surface area (Å²) in [6, 6.07) is 0. The van der Waals surface area contributed by atoms with Crippen LogP contribution in [-0.4, -0.2) is 49.3 Å². The van der Waals surface area contributed by atoms with Crippen molar-refractivity contribution in [2.45, 2.75) is 270 Å². The van der Waals surface area contributed by atoms with Gasteiger partial charge in [-0.1, -0.05) is 225 Å². The first kappa shape index (κ1) is 58.8. The predicted molar refractivity (Wildman–Crippen MR) is 252 cm³/mol. The second-order valence-electron chi connectivity index (χ2n) is 17.4. The molecule has 0 aromatic carbocycles. The van der Waals surface area contributed by atoms with Gasteiger partial charge in [-0.3, -0.25) is 18.6 Å². The van der Waals surface area contributed by atoms with Crippen LogP contribution in [0.25, 0.3) is 0 Å². The number of hydrogen-bond acceptors (Lipinski definition) is 8. The molecule has 0 heterocycles. The van der Waals surface area contributed by atoms with Gasteiger partial charge in [0.15, 0.2) is 6.10 Å². The molecule has 0 fully saturated rings. The molecule has 0 aromatic heterocycles. The molecule has 0 aliphatic rings. The van der Waals surface area contributed by atoms with Gasteiger partial charge in [0.05, 0.1) is 13.2 Å². The topological polar surface area (TPSA) is 134 Å². The largest absolute Gasteiger partial charge is 0.472 e. The summed E-state index contributed by atoms with van der Waals surface area (Å²) in [4.78, 5) is 35.0. The maximum Gasteiger partial charge on any atom is 0.472 e. The third kappa shape index (κ3) is 46.3. The minimum absolute atomic E-state index is 0.0563. The van der Waals surface area contributed by atoms with Gasteiger partial charge in [0.1, 0.15) is 6.61 Å². The van der Waals surface area contributed by atoms with Crippen molar-refractivity contribution in [3.05, 3.63) is 12.2 Å². The van der Waals surface area contributed by atoms with E-state index in [4.69, 9.17) is 24.3 Å². The molecule has 0 saturated carbocycles. The van der Waals surface area contributed by atoms with E-state index in [0.717, 1.165) is 38.5 Å². The first-order chi connectivity index (χ1) is 29.3. The standard InChI is InChI=1S/C50H98NO8P/c1-3-5-7-9-11-13-15-17-19-21-23-25-26-28-30-32-34-36-38-40-42-49(52)56-46-48(47-58-60(54,55)57-45-44-51)59-50(53)43-41-39-37-35-33-31-29-27-24-22-20-18-16-14-12-10-8-6-4-2/h18,20,48H,3-17,19,21-47,51H2,1-2H3,(H,54,55)/b20-18-. The molecule has 2 unspecified atom stereocenters. The minimum atomic E-state index is -4.38. The smallest absolute Gasteiger partial charge is 0.462 e. The van der Waals surface area contributed by atoms with Crippen LogP contribution in [0.3, 0.4) is 0 Å². The van der Waals surface area contributed by atoms with Crippen LogP contribution in [-0.2, 0) is 32.7 Å². The molecule has 0 bridgehead atoms. The van der Waals surface area contributed by atoms with E-state index in [1.807, 2.05) is 0 Å². The Bertz CT molecular complexity index is 995. The molecule has 0 saturated heterocycles. The van der Waals surface area contributed by atoms with E-state index >= 15 is 0 Å². The van der Waals surface area contributed by atoms with Crippen molar-refractivity contribution in [1.82, 2.24) is 0 Å². The monoisotopic (exact) mass is 872 g/mol. The zero-order valence-corrected chi connectivity index (χ0v) is 40.4. The summed E-state index contributed by atoms with van der Waals surface area (Å²) in [6.07, 6.45) is 51.0. The maximum atomic E-state index is 12.6. The second kappa shape index (κ2) is 47.2. The van der Waals surface area contributed by atoms with Crippen molar-refractivity contribution < 1.29 is 37.6 Å². The fraction of sp³-hybridized carbons (Fsp3) is 0.920. The number of unbranched alkanes of at least 4 members (excludes halogenated alkanes) is 34. The summed E-state index contributed by atoms with van der Waals surface area (Å²) in [6.45, 7) is 3.78. The van der Waals surface area contributed by atoms with Gasteiger partial charge in [-0.15, -0.1) is 0 Å². The molecule has 3 N–H and O–H groups in total. The molecule has 9 nitrogen and oxygen atoms in total. The lowest BCUT2D eigenvalue weighted by atomic mass is 10.0. The number of carbonyl (C=O) groups is 2. The number of carbonyl (C=O) groups excluding carboxylic acids is 2. The maximum absolute atomic E-state index is 12.6. The highest BCUT2D eigenvalue weighted by Crippen LogP contribution is 2.43. The van der Waals surface area contributed by atoms with Gasteiger partial charge < -0.3 is 20.1 Å². The number of hydrogen-bond donors (Lipinski definition) is 2. The highest BCUT2D eigenvalue weighted by Gasteiger charge is 2.26.